The first-order valence-electron chi connectivity index (χ1n) is 11.2. The molecule has 8 heteroatoms. The Kier molecular flexibility index (Phi) is 7.17. The number of nitrogens with one attached hydrogen (secondary N) is 1. The number of amides is 2. The number of carbonyl (C=O) groups is 2. The van der Waals surface area contributed by atoms with E-state index in [2.05, 4.69) is 22.4 Å². The summed E-state index contributed by atoms with van der Waals surface area (Å²) in [6, 6.07) is 4.44. The summed E-state index contributed by atoms with van der Waals surface area (Å²) < 4.78 is 11.5. The maximum Gasteiger partial charge on any atom is 0.411 e. The summed E-state index contributed by atoms with van der Waals surface area (Å²) in [5, 5.41) is 12.2. The highest BCUT2D eigenvalue weighted by atomic mass is 16.6. The van der Waals surface area contributed by atoms with Gasteiger partial charge in [0, 0.05) is 19.1 Å². The van der Waals surface area contributed by atoms with Crippen LogP contribution in [-0.4, -0.2) is 49.2 Å². The molecule has 1 aliphatic heterocycles. The molecule has 0 saturated heterocycles. The summed E-state index contributed by atoms with van der Waals surface area (Å²) in [6.07, 6.45) is 3.59. The number of nitrogens with zero attached hydrogens (tertiary/aromatic N) is 3. The van der Waals surface area contributed by atoms with Gasteiger partial charge in [0.1, 0.15) is 11.4 Å². The van der Waals surface area contributed by atoms with Crippen molar-refractivity contribution in [1.29, 1.82) is 5.26 Å². The van der Waals surface area contributed by atoms with E-state index in [1.54, 1.807) is 12.0 Å². The van der Waals surface area contributed by atoms with Gasteiger partial charge in [-0.15, -0.1) is 0 Å². The lowest BCUT2D eigenvalue weighted by Crippen LogP contribution is -2.35. The molecule has 1 saturated carbocycles. The molecule has 1 heterocycles. The van der Waals surface area contributed by atoms with Crippen molar-refractivity contribution in [3.63, 3.8) is 0 Å². The van der Waals surface area contributed by atoms with Crippen molar-refractivity contribution in [1.82, 2.24) is 10.2 Å². The number of hydrogen-bond donors (Lipinski definition) is 1. The van der Waals surface area contributed by atoms with Crippen molar-refractivity contribution in [3.8, 4) is 11.8 Å². The minimum atomic E-state index is -0.612. The Hall–Kier alpha value is -2.95. The smallest absolute Gasteiger partial charge is 0.411 e. The van der Waals surface area contributed by atoms with Crippen molar-refractivity contribution in [2.24, 2.45) is 0 Å². The molecule has 1 N–H and O–H groups in total. The van der Waals surface area contributed by atoms with E-state index in [1.807, 2.05) is 27.7 Å². The van der Waals surface area contributed by atoms with E-state index in [9.17, 15) is 14.9 Å². The molecule has 1 aromatic rings. The number of rotatable bonds is 9. The lowest BCUT2D eigenvalue weighted by atomic mass is 9.95. The first-order valence-corrected chi connectivity index (χ1v) is 11.2. The van der Waals surface area contributed by atoms with E-state index in [0.717, 1.165) is 60.3 Å². The molecule has 1 fully saturated rings. The largest absolute Gasteiger partial charge is 0.494 e. The van der Waals surface area contributed by atoms with Gasteiger partial charge in [0.15, 0.2) is 0 Å². The lowest BCUT2D eigenvalue weighted by molar-refractivity contribution is -0.109. The minimum Gasteiger partial charge on any atom is -0.494 e. The van der Waals surface area contributed by atoms with E-state index in [0.29, 0.717) is 19.1 Å². The van der Waals surface area contributed by atoms with Gasteiger partial charge in [-0.1, -0.05) is 0 Å². The minimum absolute atomic E-state index is 0.194. The van der Waals surface area contributed by atoms with Crippen LogP contribution in [0.2, 0.25) is 0 Å². The van der Waals surface area contributed by atoms with Gasteiger partial charge >= 0.3 is 6.09 Å². The average Bonchev–Trinajstić information content (AvgIpc) is 3.48. The second kappa shape index (κ2) is 9.68. The van der Waals surface area contributed by atoms with Crippen LogP contribution in [0.3, 0.4) is 0 Å². The van der Waals surface area contributed by atoms with Crippen molar-refractivity contribution >= 4 is 18.2 Å². The number of nitriles is 1. The molecule has 1 atom stereocenters. The van der Waals surface area contributed by atoms with Crippen LogP contribution in [0.4, 0.5) is 10.5 Å². The zero-order valence-electron chi connectivity index (χ0n) is 19.7. The van der Waals surface area contributed by atoms with Crippen LogP contribution >= 0.6 is 0 Å². The molecular weight excluding hydrogens is 408 g/mol. The van der Waals surface area contributed by atoms with E-state index < -0.39 is 11.7 Å². The third kappa shape index (κ3) is 5.09. The fraction of sp³-hybridized carbons (Fsp3) is 0.625. The van der Waals surface area contributed by atoms with Crippen molar-refractivity contribution < 1.29 is 19.1 Å². The summed E-state index contributed by atoms with van der Waals surface area (Å²) in [5.74, 6) is 0.785. The average molecular weight is 443 g/mol. The Morgan fingerprint density at radius 2 is 2.12 bits per heavy atom. The zero-order valence-corrected chi connectivity index (χ0v) is 19.7. The Morgan fingerprint density at radius 3 is 2.69 bits per heavy atom. The summed E-state index contributed by atoms with van der Waals surface area (Å²) in [4.78, 5) is 27.5. The molecule has 3 rings (SSSR count). The highest BCUT2D eigenvalue weighted by molar-refractivity contribution is 5.74. The van der Waals surface area contributed by atoms with Crippen molar-refractivity contribution in [2.75, 3.05) is 25.1 Å². The van der Waals surface area contributed by atoms with Gasteiger partial charge in [-0.3, -0.25) is 9.69 Å². The third-order valence-electron chi connectivity index (χ3n) is 5.90. The Bertz CT molecular complexity index is 899. The van der Waals surface area contributed by atoms with Crippen LogP contribution in [0.5, 0.6) is 5.75 Å². The van der Waals surface area contributed by atoms with E-state index in [1.165, 1.54) is 0 Å². The van der Waals surface area contributed by atoms with Gasteiger partial charge < -0.3 is 19.7 Å². The monoisotopic (exact) mass is 442 g/mol. The molecule has 32 heavy (non-hydrogen) atoms. The molecular formula is C24H34N4O4. The normalized spacial score (nSPS) is 17.4. The predicted octanol–water partition coefficient (Wildman–Crippen LogP) is 3.81. The summed E-state index contributed by atoms with van der Waals surface area (Å²) in [7, 11) is 1.66. The number of methoxy groups -OCH3 is 1. The quantitative estimate of drug-likeness (QED) is 0.462. The molecule has 2 aliphatic rings. The number of benzene rings is 1. The number of hydrogen-bond acceptors (Lipinski definition) is 6. The maximum absolute atomic E-state index is 12.9. The third-order valence-corrected chi connectivity index (χ3v) is 5.90. The molecule has 174 valence electrons. The molecule has 0 radical (unpaired) electrons. The topological polar surface area (TPSA) is 94.9 Å². The molecule has 0 bridgehead atoms. The fourth-order valence-corrected chi connectivity index (χ4v) is 4.49. The Morgan fingerprint density at radius 1 is 1.41 bits per heavy atom. The first-order chi connectivity index (χ1) is 15.2. The molecule has 2 amide bonds. The van der Waals surface area contributed by atoms with Gasteiger partial charge in [-0.25, -0.2) is 4.79 Å². The van der Waals surface area contributed by atoms with Crippen LogP contribution < -0.4 is 15.0 Å². The van der Waals surface area contributed by atoms with Gasteiger partial charge in [-0.2, -0.15) is 5.26 Å². The van der Waals surface area contributed by atoms with Crippen molar-refractivity contribution in [3.05, 3.63) is 22.8 Å². The van der Waals surface area contributed by atoms with Gasteiger partial charge in [-0.05, 0) is 69.7 Å². The van der Waals surface area contributed by atoms with Gasteiger partial charge in [0.05, 0.1) is 37.9 Å². The Balaban J connectivity index is 1.97. The van der Waals surface area contributed by atoms with Crippen LogP contribution in [0.25, 0.3) is 0 Å². The van der Waals surface area contributed by atoms with Crippen LogP contribution in [0, 0.1) is 18.3 Å². The first kappa shape index (κ1) is 23.7. The van der Waals surface area contributed by atoms with Gasteiger partial charge in [0.25, 0.3) is 0 Å². The summed E-state index contributed by atoms with van der Waals surface area (Å²) >= 11 is 0. The van der Waals surface area contributed by atoms with E-state index >= 15 is 0 Å². The summed E-state index contributed by atoms with van der Waals surface area (Å²) in [5.41, 5.74) is 3.37. The zero-order chi connectivity index (χ0) is 23.5. The molecule has 1 aliphatic carbocycles. The molecule has 1 unspecified atom stereocenters. The Labute approximate surface area is 190 Å². The number of carbonyl (C=O) groups excluding carboxylic acids is 2. The second-order valence-electron chi connectivity index (χ2n) is 9.46. The second-order valence-corrected chi connectivity index (χ2v) is 9.46. The number of anilines is 1. The summed E-state index contributed by atoms with van der Waals surface area (Å²) in [6.45, 7) is 9.35. The van der Waals surface area contributed by atoms with Crippen molar-refractivity contribution in [2.45, 2.75) is 77.6 Å². The number of fused-ring (bicyclic) bond motifs is 1. The van der Waals surface area contributed by atoms with E-state index in [4.69, 9.17) is 9.47 Å². The molecule has 1 aromatic carbocycles. The standard InChI is InChI=1S/C24H34N4O4/c1-16-21-17(14-28(19(21)9-10-25)23(30)32-24(2,3)4)13-20(22(16)31-5)27(18-7-8-18)12-6-11-26-15-29/h13,15,18-19H,6-9,11-12,14H2,1-5H3,(H,26,29). The van der Waals surface area contributed by atoms with Crippen LogP contribution in [0.1, 0.15) is 69.2 Å². The van der Waals surface area contributed by atoms with Crippen LogP contribution in [-0.2, 0) is 16.1 Å². The number of ether oxygens (including phenoxy) is 2. The molecule has 0 spiro atoms. The predicted molar refractivity (Wildman–Crippen MR) is 122 cm³/mol. The SMILES string of the molecule is COc1c(N(CCCNC=O)C2CC2)cc2c(c1C)C(CC#N)N(C(=O)OC(C)(C)C)C2. The van der Waals surface area contributed by atoms with E-state index in [-0.39, 0.29) is 12.5 Å². The molecule has 0 aromatic heterocycles. The van der Waals surface area contributed by atoms with Gasteiger partial charge in [0.2, 0.25) is 6.41 Å². The fourth-order valence-electron chi connectivity index (χ4n) is 4.49. The van der Waals surface area contributed by atoms with Crippen LogP contribution in [0.15, 0.2) is 6.07 Å². The maximum atomic E-state index is 12.9. The molecule has 8 nitrogen and oxygen atoms in total. The lowest BCUT2D eigenvalue weighted by Gasteiger charge is -2.29. The highest BCUT2D eigenvalue weighted by Gasteiger charge is 2.40. The highest BCUT2D eigenvalue weighted by Crippen LogP contribution is 2.47.